The van der Waals surface area contributed by atoms with E-state index in [9.17, 15) is 0 Å². The fourth-order valence-corrected chi connectivity index (χ4v) is 3.15. The third-order valence-corrected chi connectivity index (χ3v) is 4.97. The van der Waals surface area contributed by atoms with Crippen molar-refractivity contribution in [2.24, 2.45) is 0 Å². The Labute approximate surface area is 152 Å². The highest BCUT2D eigenvalue weighted by molar-refractivity contribution is 5.79. The van der Waals surface area contributed by atoms with Crippen LogP contribution in [0.2, 0.25) is 0 Å². The van der Waals surface area contributed by atoms with Crippen LogP contribution in [0, 0.1) is 27.7 Å². The van der Waals surface area contributed by atoms with Crippen molar-refractivity contribution >= 4 is 34.2 Å². The lowest BCUT2D eigenvalue weighted by molar-refractivity contribution is 1.21. The first-order valence-corrected chi connectivity index (χ1v) is 8.77. The van der Waals surface area contributed by atoms with E-state index < -0.39 is 0 Å². The minimum Gasteiger partial charge on any atom is -0.355 e. The second kappa shape index (κ2) is 6.30. The van der Waals surface area contributed by atoms with E-state index in [0.29, 0.717) is 0 Å². The molecule has 0 amide bonds. The molecule has 0 aliphatic carbocycles. The molecule has 0 fully saturated rings. The topological polar surface area (TPSA) is 57.4 Å². The Balaban J connectivity index is 2.14. The maximum absolute atomic E-state index is 4.77. The van der Waals surface area contributed by atoms with E-state index >= 15 is 0 Å². The summed E-state index contributed by atoms with van der Waals surface area (Å²) in [5, 5.41) is 0. The van der Waals surface area contributed by atoms with E-state index in [-0.39, 0.29) is 0 Å². The second-order valence-corrected chi connectivity index (χ2v) is 6.81. The Kier molecular flexibility index (Phi) is 3.96. The first-order valence-electron chi connectivity index (χ1n) is 8.77. The lowest BCUT2D eigenvalue weighted by Crippen LogP contribution is -1.84. The number of nitrogens with one attached hydrogen (secondary N) is 2. The number of hydrogen-bond donors (Lipinski definition) is 2. The summed E-state index contributed by atoms with van der Waals surface area (Å²) in [6.45, 7) is 8.32. The Morgan fingerprint density at radius 2 is 1.15 bits per heavy atom. The molecule has 6 bridgehead atoms. The molecule has 0 aromatic carbocycles. The van der Waals surface area contributed by atoms with Crippen LogP contribution in [0.15, 0.2) is 36.7 Å². The largest absolute Gasteiger partial charge is 0.355 e. The summed E-state index contributed by atoms with van der Waals surface area (Å²) in [4.78, 5) is 16.3. The Bertz CT molecular complexity index is 1180. The van der Waals surface area contributed by atoms with Gasteiger partial charge in [0.1, 0.15) is 0 Å². The molecule has 2 N–H and O–H groups in total. The molecule has 3 aromatic rings. The highest BCUT2D eigenvalue weighted by atomic mass is 14.8. The molecule has 130 valence electrons. The Morgan fingerprint density at radius 1 is 0.615 bits per heavy atom. The van der Waals surface area contributed by atoms with Crippen molar-refractivity contribution < 1.29 is 0 Å². The normalized spacial score (nSPS) is 11.7. The van der Waals surface area contributed by atoms with Crippen LogP contribution in [-0.4, -0.2) is 19.9 Å². The maximum Gasteiger partial charge on any atom is 0.0687 e. The summed E-state index contributed by atoms with van der Waals surface area (Å²) in [6.07, 6.45) is 7.86. The van der Waals surface area contributed by atoms with E-state index in [0.717, 1.165) is 50.1 Å². The lowest BCUT2D eigenvalue weighted by Gasteiger charge is -1.95. The molecular formula is C22H22N4. The fraction of sp³-hybridized carbons (Fsp3) is 0.182. The van der Waals surface area contributed by atoms with Crippen LogP contribution >= 0.6 is 0 Å². The molecule has 0 saturated carbocycles. The first kappa shape index (κ1) is 16.3. The number of H-pyrrole nitrogens is 2. The minimum absolute atomic E-state index is 0.956. The van der Waals surface area contributed by atoms with Crippen LogP contribution in [0.25, 0.3) is 34.2 Å². The van der Waals surface area contributed by atoms with Crippen molar-refractivity contribution in [3.05, 3.63) is 70.3 Å². The van der Waals surface area contributed by atoms with E-state index in [4.69, 9.17) is 4.98 Å². The number of rotatable bonds is 0. The van der Waals surface area contributed by atoms with Gasteiger partial charge in [-0.25, -0.2) is 4.98 Å². The van der Waals surface area contributed by atoms with E-state index in [1.165, 1.54) is 5.56 Å². The zero-order valence-corrected chi connectivity index (χ0v) is 15.5. The molecule has 1 aliphatic heterocycles. The summed E-state index contributed by atoms with van der Waals surface area (Å²) in [7, 11) is 0. The number of aryl methyl sites for hydroxylation is 4. The molecule has 3 aromatic heterocycles. The van der Waals surface area contributed by atoms with Crippen molar-refractivity contribution in [1.82, 2.24) is 19.9 Å². The lowest BCUT2D eigenvalue weighted by atomic mass is 10.2. The quantitative estimate of drug-likeness (QED) is 0.449. The molecule has 0 radical (unpaired) electrons. The molecule has 0 atom stereocenters. The van der Waals surface area contributed by atoms with Crippen molar-refractivity contribution in [2.75, 3.05) is 0 Å². The number of aromatic nitrogens is 4. The molecule has 4 nitrogen and oxygen atoms in total. The molecule has 4 rings (SSSR count). The van der Waals surface area contributed by atoms with Gasteiger partial charge in [-0.2, -0.15) is 0 Å². The van der Waals surface area contributed by atoms with Gasteiger partial charge in [-0.15, -0.1) is 0 Å². The van der Waals surface area contributed by atoms with Gasteiger partial charge in [-0.3, -0.25) is 4.98 Å². The maximum atomic E-state index is 4.77. The van der Waals surface area contributed by atoms with Crippen LogP contribution in [-0.2, 0) is 0 Å². The molecular weight excluding hydrogens is 320 g/mol. The molecule has 1 aliphatic rings. The van der Waals surface area contributed by atoms with Gasteiger partial charge >= 0.3 is 0 Å². The number of nitrogens with zero attached hydrogens (tertiary/aromatic N) is 2. The second-order valence-electron chi connectivity index (χ2n) is 6.81. The SMILES string of the molecule is Cc1cncc(C)c2ccc([nH]2)c(C)c2ccc([nH]2)c(C)c2nc1C=C2. The van der Waals surface area contributed by atoms with E-state index in [2.05, 4.69) is 66.1 Å². The van der Waals surface area contributed by atoms with Crippen LogP contribution in [0.3, 0.4) is 0 Å². The number of hydrogen-bond acceptors (Lipinski definition) is 2. The van der Waals surface area contributed by atoms with Crippen LogP contribution in [0.1, 0.15) is 33.6 Å². The zero-order valence-electron chi connectivity index (χ0n) is 15.5. The summed E-state index contributed by atoms with van der Waals surface area (Å²) in [5.41, 5.74) is 10.8. The predicted molar refractivity (Wildman–Crippen MR) is 109 cm³/mol. The average molecular weight is 342 g/mol. The Hall–Kier alpha value is -3.14. The van der Waals surface area contributed by atoms with Gasteiger partial charge in [0.25, 0.3) is 0 Å². The average Bonchev–Trinajstić information content (AvgIpc) is 3.39. The molecule has 4 heterocycles. The monoisotopic (exact) mass is 342 g/mol. The summed E-state index contributed by atoms with van der Waals surface area (Å²) < 4.78 is 0. The number of fused-ring (bicyclic) bond motifs is 6. The van der Waals surface area contributed by atoms with Gasteiger partial charge in [0, 0.05) is 34.5 Å². The zero-order chi connectivity index (χ0) is 18.3. The van der Waals surface area contributed by atoms with E-state index in [1.54, 1.807) is 0 Å². The van der Waals surface area contributed by atoms with Crippen molar-refractivity contribution in [3.8, 4) is 0 Å². The van der Waals surface area contributed by atoms with Crippen LogP contribution < -0.4 is 0 Å². The van der Waals surface area contributed by atoms with Crippen molar-refractivity contribution in [3.63, 3.8) is 0 Å². The van der Waals surface area contributed by atoms with Crippen LogP contribution in [0.5, 0.6) is 0 Å². The van der Waals surface area contributed by atoms with Gasteiger partial charge in [0.05, 0.1) is 11.4 Å². The highest BCUT2D eigenvalue weighted by Crippen LogP contribution is 2.21. The van der Waals surface area contributed by atoms with Gasteiger partial charge in [-0.1, -0.05) is 0 Å². The predicted octanol–water partition coefficient (Wildman–Crippen LogP) is 5.41. The van der Waals surface area contributed by atoms with Gasteiger partial charge < -0.3 is 9.97 Å². The molecule has 26 heavy (non-hydrogen) atoms. The van der Waals surface area contributed by atoms with Gasteiger partial charge in [0.15, 0.2) is 0 Å². The smallest absolute Gasteiger partial charge is 0.0687 e. The van der Waals surface area contributed by atoms with Crippen molar-refractivity contribution in [1.29, 1.82) is 0 Å². The van der Waals surface area contributed by atoms with Crippen molar-refractivity contribution in [2.45, 2.75) is 27.7 Å². The van der Waals surface area contributed by atoms with Gasteiger partial charge in [0.2, 0.25) is 0 Å². The molecule has 0 saturated heterocycles. The van der Waals surface area contributed by atoms with Gasteiger partial charge in [-0.05, 0) is 86.4 Å². The fourth-order valence-electron chi connectivity index (χ4n) is 3.15. The number of aromatic amines is 2. The summed E-state index contributed by atoms with van der Waals surface area (Å²) in [5.74, 6) is 0. The standard InChI is InChI=1S/C22H22N4/c1-13-11-23-12-14(2)18-6-8-20(25-18)16(4)22-10-9-21(26-22)15(3)19-7-5-17(13)24-19/h5-12,24,26H,1-4H3. The Morgan fingerprint density at radius 3 is 1.88 bits per heavy atom. The molecule has 0 spiro atoms. The summed E-state index contributed by atoms with van der Waals surface area (Å²) in [6, 6.07) is 8.46. The summed E-state index contributed by atoms with van der Waals surface area (Å²) >= 11 is 0. The first-order chi connectivity index (χ1) is 12.5. The molecule has 4 heteroatoms. The van der Waals surface area contributed by atoms with E-state index in [1.807, 2.05) is 25.4 Å². The van der Waals surface area contributed by atoms with Crippen LogP contribution in [0.4, 0.5) is 0 Å². The third-order valence-electron chi connectivity index (χ3n) is 4.97. The minimum atomic E-state index is 0.956. The highest BCUT2D eigenvalue weighted by Gasteiger charge is 2.06. The third kappa shape index (κ3) is 2.84. The molecule has 0 unspecified atom stereocenters.